The van der Waals surface area contributed by atoms with E-state index in [1.165, 1.54) is 0 Å². The second-order valence-electron chi connectivity index (χ2n) is 5.97. The number of carbonyl (C=O) groups excluding carboxylic acids is 2. The first-order chi connectivity index (χ1) is 12.9. The standard InChI is InChI=1S/C20H22F2N2O3/c1-3-24(16-6-4-5-14(2)11-16)10-9-23-19(25)13-27-20(26)15-7-8-17(21)18(22)12-15/h4-8,11-12H,3,9-10,13H2,1-2H3,(H,23,25). The molecular weight excluding hydrogens is 354 g/mol. The molecule has 2 aromatic rings. The van der Waals surface area contributed by atoms with Crippen LogP contribution in [0.3, 0.4) is 0 Å². The fourth-order valence-corrected chi connectivity index (χ4v) is 2.51. The summed E-state index contributed by atoms with van der Waals surface area (Å²) < 4.78 is 30.8. The minimum absolute atomic E-state index is 0.154. The van der Waals surface area contributed by atoms with E-state index in [-0.39, 0.29) is 5.56 Å². The Balaban J connectivity index is 1.77. The molecule has 7 heteroatoms. The van der Waals surface area contributed by atoms with Gasteiger partial charge in [0.15, 0.2) is 18.2 Å². The van der Waals surface area contributed by atoms with Crippen LogP contribution < -0.4 is 10.2 Å². The van der Waals surface area contributed by atoms with Gasteiger partial charge in [-0.3, -0.25) is 4.79 Å². The number of esters is 1. The maximum Gasteiger partial charge on any atom is 0.338 e. The second kappa shape index (κ2) is 9.66. The molecule has 0 aromatic heterocycles. The third-order valence-corrected chi connectivity index (χ3v) is 3.94. The molecule has 0 aliphatic carbocycles. The van der Waals surface area contributed by atoms with E-state index in [4.69, 9.17) is 4.74 Å². The van der Waals surface area contributed by atoms with E-state index in [0.29, 0.717) is 13.1 Å². The molecular formula is C20H22F2N2O3. The summed E-state index contributed by atoms with van der Waals surface area (Å²) in [7, 11) is 0. The number of anilines is 1. The first-order valence-electron chi connectivity index (χ1n) is 8.61. The van der Waals surface area contributed by atoms with E-state index in [0.717, 1.165) is 36.0 Å². The lowest BCUT2D eigenvalue weighted by atomic mass is 10.2. The summed E-state index contributed by atoms with van der Waals surface area (Å²) in [6.07, 6.45) is 0. The SMILES string of the molecule is CCN(CCNC(=O)COC(=O)c1ccc(F)c(F)c1)c1cccc(C)c1. The number of amides is 1. The van der Waals surface area contributed by atoms with Gasteiger partial charge in [0.05, 0.1) is 5.56 Å². The number of rotatable bonds is 8. The Morgan fingerprint density at radius 2 is 1.89 bits per heavy atom. The molecule has 5 nitrogen and oxygen atoms in total. The smallest absolute Gasteiger partial charge is 0.338 e. The van der Waals surface area contributed by atoms with E-state index in [1.807, 2.05) is 32.0 Å². The van der Waals surface area contributed by atoms with Gasteiger partial charge in [-0.05, 0) is 49.7 Å². The number of hydrogen-bond donors (Lipinski definition) is 1. The Labute approximate surface area is 156 Å². The first-order valence-corrected chi connectivity index (χ1v) is 8.61. The Bertz CT molecular complexity index is 812. The molecule has 27 heavy (non-hydrogen) atoms. The summed E-state index contributed by atoms with van der Waals surface area (Å²) in [5.74, 6) is -3.56. The van der Waals surface area contributed by atoms with Crippen molar-refractivity contribution in [3.8, 4) is 0 Å². The van der Waals surface area contributed by atoms with Crippen LogP contribution >= 0.6 is 0 Å². The molecule has 1 N–H and O–H groups in total. The number of nitrogens with one attached hydrogen (secondary N) is 1. The number of likely N-dealkylation sites (N-methyl/N-ethyl adjacent to an activating group) is 1. The highest BCUT2D eigenvalue weighted by Crippen LogP contribution is 2.15. The molecule has 0 saturated heterocycles. The lowest BCUT2D eigenvalue weighted by Gasteiger charge is -2.23. The molecule has 0 bridgehead atoms. The minimum Gasteiger partial charge on any atom is -0.452 e. The number of carbonyl (C=O) groups is 2. The van der Waals surface area contributed by atoms with Crippen molar-refractivity contribution < 1.29 is 23.1 Å². The molecule has 144 valence electrons. The van der Waals surface area contributed by atoms with Crippen molar-refractivity contribution in [3.63, 3.8) is 0 Å². The van der Waals surface area contributed by atoms with Crippen molar-refractivity contribution in [2.24, 2.45) is 0 Å². The molecule has 0 atom stereocenters. The summed E-state index contributed by atoms with van der Waals surface area (Å²) in [5.41, 5.74) is 2.06. The maximum atomic E-state index is 13.1. The monoisotopic (exact) mass is 376 g/mol. The minimum atomic E-state index is -1.15. The third-order valence-electron chi connectivity index (χ3n) is 3.94. The van der Waals surface area contributed by atoms with Gasteiger partial charge in [0, 0.05) is 25.3 Å². The van der Waals surface area contributed by atoms with Crippen LogP contribution in [0.2, 0.25) is 0 Å². The molecule has 0 radical (unpaired) electrons. The highest BCUT2D eigenvalue weighted by Gasteiger charge is 2.13. The van der Waals surface area contributed by atoms with Crippen molar-refractivity contribution in [2.45, 2.75) is 13.8 Å². The topological polar surface area (TPSA) is 58.6 Å². The van der Waals surface area contributed by atoms with Gasteiger partial charge in [-0.1, -0.05) is 12.1 Å². The highest BCUT2D eigenvalue weighted by molar-refractivity contribution is 5.91. The number of nitrogens with zero attached hydrogens (tertiary/aromatic N) is 1. The van der Waals surface area contributed by atoms with E-state index in [1.54, 1.807) is 0 Å². The van der Waals surface area contributed by atoms with Crippen molar-refractivity contribution in [1.82, 2.24) is 5.32 Å². The van der Waals surface area contributed by atoms with Gasteiger partial charge in [-0.15, -0.1) is 0 Å². The Morgan fingerprint density at radius 3 is 2.56 bits per heavy atom. The molecule has 0 aliphatic heterocycles. The molecule has 0 fully saturated rings. The number of halogens is 2. The largest absolute Gasteiger partial charge is 0.452 e. The Morgan fingerprint density at radius 1 is 1.11 bits per heavy atom. The van der Waals surface area contributed by atoms with Crippen LogP contribution in [0.25, 0.3) is 0 Å². The van der Waals surface area contributed by atoms with Crippen molar-refractivity contribution in [1.29, 1.82) is 0 Å². The summed E-state index contributed by atoms with van der Waals surface area (Å²) in [6, 6.07) is 10.7. The molecule has 1 amide bonds. The van der Waals surface area contributed by atoms with Crippen LogP contribution in [-0.4, -0.2) is 38.1 Å². The van der Waals surface area contributed by atoms with E-state index in [2.05, 4.69) is 16.3 Å². The average Bonchev–Trinajstić information content (AvgIpc) is 2.65. The fourth-order valence-electron chi connectivity index (χ4n) is 2.51. The molecule has 0 unspecified atom stereocenters. The van der Waals surface area contributed by atoms with E-state index >= 15 is 0 Å². The number of hydrogen-bond acceptors (Lipinski definition) is 4. The lowest BCUT2D eigenvalue weighted by Crippen LogP contribution is -2.36. The van der Waals surface area contributed by atoms with Gasteiger partial charge in [-0.2, -0.15) is 0 Å². The van der Waals surface area contributed by atoms with Crippen molar-refractivity contribution in [2.75, 3.05) is 31.1 Å². The van der Waals surface area contributed by atoms with Crippen LogP contribution in [0.1, 0.15) is 22.8 Å². The Hall–Kier alpha value is -2.96. The Kier molecular flexibility index (Phi) is 7.28. The zero-order valence-corrected chi connectivity index (χ0v) is 15.3. The van der Waals surface area contributed by atoms with E-state index in [9.17, 15) is 18.4 Å². The first kappa shape index (κ1) is 20.4. The van der Waals surface area contributed by atoms with E-state index < -0.39 is 30.1 Å². The van der Waals surface area contributed by atoms with Crippen LogP contribution in [0.4, 0.5) is 14.5 Å². The normalized spacial score (nSPS) is 10.4. The van der Waals surface area contributed by atoms with Crippen molar-refractivity contribution in [3.05, 3.63) is 65.2 Å². The third kappa shape index (κ3) is 6.06. The quantitative estimate of drug-likeness (QED) is 0.720. The summed E-state index contributed by atoms with van der Waals surface area (Å²) in [4.78, 5) is 25.7. The van der Waals surface area contributed by atoms with Crippen LogP contribution in [0, 0.1) is 18.6 Å². The zero-order chi connectivity index (χ0) is 19.8. The summed E-state index contributed by atoms with van der Waals surface area (Å²) in [5, 5.41) is 2.67. The van der Waals surface area contributed by atoms with Crippen LogP contribution in [0.5, 0.6) is 0 Å². The molecule has 0 spiro atoms. The van der Waals surface area contributed by atoms with Gasteiger partial charge in [0.2, 0.25) is 0 Å². The summed E-state index contributed by atoms with van der Waals surface area (Å²) >= 11 is 0. The van der Waals surface area contributed by atoms with Crippen LogP contribution in [0.15, 0.2) is 42.5 Å². The molecule has 2 aromatic carbocycles. The highest BCUT2D eigenvalue weighted by atomic mass is 19.2. The van der Waals surface area contributed by atoms with Gasteiger partial charge < -0.3 is 15.0 Å². The van der Waals surface area contributed by atoms with Gasteiger partial charge >= 0.3 is 5.97 Å². The lowest BCUT2D eigenvalue weighted by molar-refractivity contribution is -0.124. The van der Waals surface area contributed by atoms with Gasteiger partial charge in [0.25, 0.3) is 5.91 Å². The maximum absolute atomic E-state index is 13.1. The predicted molar refractivity (Wildman–Crippen MR) is 98.7 cm³/mol. The fraction of sp³-hybridized carbons (Fsp3) is 0.300. The molecule has 0 aliphatic rings. The van der Waals surface area contributed by atoms with Gasteiger partial charge in [0.1, 0.15) is 0 Å². The second-order valence-corrected chi connectivity index (χ2v) is 5.97. The number of benzene rings is 2. The predicted octanol–water partition coefficient (Wildman–Crippen LogP) is 3.07. The zero-order valence-electron chi connectivity index (χ0n) is 15.3. The van der Waals surface area contributed by atoms with Crippen molar-refractivity contribution >= 4 is 17.6 Å². The molecule has 2 rings (SSSR count). The van der Waals surface area contributed by atoms with Crippen LogP contribution in [-0.2, 0) is 9.53 Å². The summed E-state index contributed by atoms with van der Waals surface area (Å²) in [6.45, 7) is 5.30. The molecule has 0 saturated carbocycles. The number of aryl methyl sites for hydroxylation is 1. The average molecular weight is 376 g/mol. The number of ether oxygens (including phenoxy) is 1. The van der Waals surface area contributed by atoms with Gasteiger partial charge in [-0.25, -0.2) is 13.6 Å². The molecule has 0 heterocycles.